The van der Waals surface area contributed by atoms with Gasteiger partial charge in [0.25, 0.3) is 0 Å². The SMILES string of the molecule is Cc1csc([C@@H](Nc2ncccc2[N+](=O)[O-])C2CC2)n1. The molecule has 0 aliphatic heterocycles. The zero-order chi connectivity index (χ0) is 14.1. The van der Waals surface area contributed by atoms with E-state index in [-0.39, 0.29) is 11.7 Å². The van der Waals surface area contributed by atoms with Crippen LogP contribution in [0.1, 0.15) is 29.6 Å². The van der Waals surface area contributed by atoms with Crippen molar-refractivity contribution in [3.8, 4) is 0 Å². The topological polar surface area (TPSA) is 81.0 Å². The summed E-state index contributed by atoms with van der Waals surface area (Å²) in [5.41, 5.74) is 0.986. The van der Waals surface area contributed by atoms with E-state index in [2.05, 4.69) is 15.3 Å². The molecule has 1 atom stereocenters. The second-order valence-electron chi connectivity index (χ2n) is 4.91. The molecule has 0 bridgehead atoms. The molecule has 0 amide bonds. The van der Waals surface area contributed by atoms with Crippen LogP contribution >= 0.6 is 11.3 Å². The third-order valence-corrected chi connectivity index (χ3v) is 4.32. The molecule has 1 N–H and O–H groups in total. The molecule has 1 saturated carbocycles. The van der Waals surface area contributed by atoms with E-state index in [1.807, 2.05) is 12.3 Å². The van der Waals surface area contributed by atoms with Crippen molar-refractivity contribution in [3.63, 3.8) is 0 Å². The van der Waals surface area contributed by atoms with Gasteiger partial charge in [0.05, 0.1) is 11.0 Å². The van der Waals surface area contributed by atoms with Gasteiger partial charge in [-0.1, -0.05) is 0 Å². The van der Waals surface area contributed by atoms with Gasteiger partial charge >= 0.3 is 5.69 Å². The average molecular weight is 290 g/mol. The highest BCUT2D eigenvalue weighted by molar-refractivity contribution is 7.09. The minimum absolute atomic E-state index is 0.00595. The van der Waals surface area contributed by atoms with Gasteiger partial charge in [0.1, 0.15) is 5.01 Å². The molecule has 1 fully saturated rings. The van der Waals surface area contributed by atoms with Crippen molar-refractivity contribution in [1.82, 2.24) is 9.97 Å². The zero-order valence-corrected chi connectivity index (χ0v) is 11.8. The van der Waals surface area contributed by atoms with Gasteiger partial charge in [0.2, 0.25) is 5.82 Å². The van der Waals surface area contributed by atoms with Crippen LogP contribution in [0.25, 0.3) is 0 Å². The monoisotopic (exact) mass is 290 g/mol. The molecule has 20 heavy (non-hydrogen) atoms. The van der Waals surface area contributed by atoms with Crippen LogP contribution in [0.15, 0.2) is 23.7 Å². The molecule has 7 heteroatoms. The third kappa shape index (κ3) is 2.62. The van der Waals surface area contributed by atoms with E-state index in [0.717, 1.165) is 23.5 Å². The molecule has 104 valence electrons. The molecule has 1 aliphatic rings. The summed E-state index contributed by atoms with van der Waals surface area (Å²) in [7, 11) is 0. The molecule has 0 spiro atoms. The maximum absolute atomic E-state index is 11.0. The number of nitro groups is 1. The second-order valence-corrected chi connectivity index (χ2v) is 5.80. The predicted octanol–water partition coefficient (Wildman–Crippen LogP) is 3.32. The number of aryl methyl sites for hydroxylation is 1. The fourth-order valence-electron chi connectivity index (χ4n) is 2.13. The second kappa shape index (κ2) is 5.16. The molecule has 2 aromatic heterocycles. The summed E-state index contributed by atoms with van der Waals surface area (Å²) in [6.45, 7) is 1.95. The van der Waals surface area contributed by atoms with Crippen molar-refractivity contribution in [2.75, 3.05) is 5.32 Å². The summed E-state index contributed by atoms with van der Waals surface area (Å²) in [5, 5.41) is 17.2. The van der Waals surface area contributed by atoms with Crippen LogP contribution in [0.4, 0.5) is 11.5 Å². The summed E-state index contributed by atoms with van der Waals surface area (Å²) >= 11 is 1.59. The number of aromatic nitrogens is 2. The predicted molar refractivity (Wildman–Crippen MR) is 76.8 cm³/mol. The zero-order valence-electron chi connectivity index (χ0n) is 10.9. The molecule has 1 aliphatic carbocycles. The lowest BCUT2D eigenvalue weighted by Gasteiger charge is -2.16. The van der Waals surface area contributed by atoms with E-state index < -0.39 is 4.92 Å². The van der Waals surface area contributed by atoms with E-state index in [4.69, 9.17) is 0 Å². The van der Waals surface area contributed by atoms with E-state index in [0.29, 0.717) is 11.7 Å². The number of pyridine rings is 1. The number of hydrogen-bond acceptors (Lipinski definition) is 6. The summed E-state index contributed by atoms with van der Waals surface area (Å²) in [5.74, 6) is 0.810. The lowest BCUT2D eigenvalue weighted by Crippen LogP contribution is -2.14. The van der Waals surface area contributed by atoms with E-state index in [9.17, 15) is 10.1 Å². The highest BCUT2D eigenvalue weighted by Crippen LogP contribution is 2.44. The lowest BCUT2D eigenvalue weighted by atomic mass is 10.2. The number of anilines is 1. The fourth-order valence-corrected chi connectivity index (χ4v) is 3.07. The van der Waals surface area contributed by atoms with Crippen molar-refractivity contribution in [1.29, 1.82) is 0 Å². The van der Waals surface area contributed by atoms with Gasteiger partial charge < -0.3 is 5.32 Å². The first-order valence-corrected chi connectivity index (χ1v) is 7.31. The first-order valence-electron chi connectivity index (χ1n) is 6.43. The van der Waals surface area contributed by atoms with E-state index in [1.54, 1.807) is 23.6 Å². The van der Waals surface area contributed by atoms with Gasteiger partial charge in [-0.05, 0) is 31.7 Å². The Kier molecular flexibility index (Phi) is 3.35. The van der Waals surface area contributed by atoms with Crippen molar-refractivity contribution in [2.24, 2.45) is 5.92 Å². The van der Waals surface area contributed by atoms with E-state index in [1.165, 1.54) is 6.07 Å². The average Bonchev–Trinajstić information content (AvgIpc) is 3.18. The van der Waals surface area contributed by atoms with Crippen LogP contribution in [0.2, 0.25) is 0 Å². The van der Waals surface area contributed by atoms with Crippen molar-refractivity contribution >= 4 is 22.8 Å². The minimum atomic E-state index is -0.410. The maximum Gasteiger partial charge on any atom is 0.311 e. The molecule has 6 nitrogen and oxygen atoms in total. The summed E-state index contributed by atoms with van der Waals surface area (Å²) < 4.78 is 0. The lowest BCUT2D eigenvalue weighted by molar-refractivity contribution is -0.384. The van der Waals surface area contributed by atoms with Gasteiger partial charge in [-0.25, -0.2) is 9.97 Å². The van der Waals surface area contributed by atoms with Crippen LogP contribution in [-0.4, -0.2) is 14.9 Å². The number of rotatable bonds is 5. The molecule has 0 aromatic carbocycles. The van der Waals surface area contributed by atoms with Crippen LogP contribution in [0, 0.1) is 23.0 Å². The number of thiazole rings is 1. The van der Waals surface area contributed by atoms with Gasteiger partial charge in [-0.15, -0.1) is 11.3 Å². The molecule has 3 rings (SSSR count). The largest absolute Gasteiger partial charge is 0.355 e. The molecular weight excluding hydrogens is 276 g/mol. The third-order valence-electron chi connectivity index (χ3n) is 3.27. The Morgan fingerprint density at radius 2 is 2.35 bits per heavy atom. The highest BCUT2D eigenvalue weighted by atomic mass is 32.1. The Labute approximate surface area is 120 Å². The first kappa shape index (κ1) is 13.0. The van der Waals surface area contributed by atoms with Gasteiger partial charge in [0, 0.05) is 23.3 Å². The van der Waals surface area contributed by atoms with Crippen LogP contribution in [0.3, 0.4) is 0 Å². The van der Waals surface area contributed by atoms with Crippen LogP contribution in [0.5, 0.6) is 0 Å². The van der Waals surface area contributed by atoms with E-state index >= 15 is 0 Å². The molecular formula is C13H14N4O2S. The molecule has 0 saturated heterocycles. The van der Waals surface area contributed by atoms with Gasteiger partial charge in [-0.3, -0.25) is 10.1 Å². The summed E-state index contributed by atoms with van der Waals surface area (Å²) in [6, 6.07) is 3.05. The Balaban J connectivity index is 1.89. The minimum Gasteiger partial charge on any atom is -0.355 e. The van der Waals surface area contributed by atoms with Gasteiger partial charge in [0.15, 0.2) is 0 Å². The van der Waals surface area contributed by atoms with Crippen LogP contribution < -0.4 is 5.32 Å². The fraction of sp³-hybridized carbons (Fsp3) is 0.385. The van der Waals surface area contributed by atoms with Crippen molar-refractivity contribution in [2.45, 2.75) is 25.8 Å². The number of nitrogens with one attached hydrogen (secondary N) is 1. The molecule has 2 aromatic rings. The Hall–Kier alpha value is -2.02. The molecule has 2 heterocycles. The maximum atomic E-state index is 11.0. The summed E-state index contributed by atoms with van der Waals surface area (Å²) in [4.78, 5) is 19.2. The van der Waals surface area contributed by atoms with Crippen LogP contribution in [-0.2, 0) is 0 Å². The number of hydrogen-bond donors (Lipinski definition) is 1. The Bertz CT molecular complexity index is 639. The Morgan fingerprint density at radius 1 is 1.55 bits per heavy atom. The first-order chi connectivity index (χ1) is 9.65. The van der Waals surface area contributed by atoms with Gasteiger partial charge in [-0.2, -0.15) is 0 Å². The molecule has 0 unspecified atom stereocenters. The standard InChI is InChI=1S/C13H14N4O2S/c1-8-7-20-13(15-8)11(9-4-5-9)16-12-10(17(18)19)3-2-6-14-12/h2-3,6-7,9,11H,4-5H2,1H3,(H,14,16)/t11-/m0/s1. The molecule has 0 radical (unpaired) electrons. The number of nitrogens with zero attached hydrogens (tertiary/aromatic N) is 3. The van der Waals surface area contributed by atoms with Crippen molar-refractivity contribution < 1.29 is 4.92 Å². The normalized spacial score (nSPS) is 15.8. The van der Waals surface area contributed by atoms with Crippen molar-refractivity contribution in [3.05, 3.63) is 44.5 Å². The highest BCUT2D eigenvalue weighted by Gasteiger charge is 2.35. The smallest absolute Gasteiger partial charge is 0.311 e. The Morgan fingerprint density at radius 3 is 2.95 bits per heavy atom. The quantitative estimate of drug-likeness (QED) is 0.675. The summed E-state index contributed by atoms with van der Waals surface area (Å²) in [6.07, 6.45) is 3.81.